The standard InChI is InChI=1S/C28H22S2/c1-3-10-25-17-27(14-12-23(25)8-1)29-19-21-6-5-7-22(16-21)20-30-28-15-13-24-9-2-4-11-26(24)18-28/h1-18H,19-20H2. The van der Waals surface area contributed by atoms with Gasteiger partial charge in [0.25, 0.3) is 0 Å². The summed E-state index contributed by atoms with van der Waals surface area (Å²) in [5.74, 6) is 1.99. The van der Waals surface area contributed by atoms with Gasteiger partial charge in [-0.1, -0.05) is 84.9 Å². The molecule has 0 saturated heterocycles. The Morgan fingerprint density at radius 1 is 0.400 bits per heavy atom. The van der Waals surface area contributed by atoms with Crippen molar-refractivity contribution in [3.05, 3.63) is 120 Å². The van der Waals surface area contributed by atoms with E-state index in [0.29, 0.717) is 0 Å². The maximum absolute atomic E-state index is 2.35. The van der Waals surface area contributed by atoms with Gasteiger partial charge in [0.05, 0.1) is 0 Å². The summed E-state index contributed by atoms with van der Waals surface area (Å²) in [6, 6.07) is 39.6. The van der Waals surface area contributed by atoms with Crippen molar-refractivity contribution in [3.8, 4) is 0 Å². The Balaban J connectivity index is 1.24. The van der Waals surface area contributed by atoms with Crippen LogP contribution in [0.5, 0.6) is 0 Å². The quantitative estimate of drug-likeness (QED) is 0.251. The van der Waals surface area contributed by atoms with E-state index in [9.17, 15) is 0 Å². The van der Waals surface area contributed by atoms with Gasteiger partial charge in [-0.3, -0.25) is 0 Å². The van der Waals surface area contributed by atoms with Gasteiger partial charge in [0.1, 0.15) is 0 Å². The molecule has 0 atom stereocenters. The zero-order valence-corrected chi connectivity index (χ0v) is 18.3. The summed E-state index contributed by atoms with van der Waals surface area (Å²) in [5.41, 5.74) is 2.76. The molecule has 0 radical (unpaired) electrons. The van der Waals surface area contributed by atoms with Gasteiger partial charge in [0.2, 0.25) is 0 Å². The molecule has 5 aromatic carbocycles. The minimum atomic E-state index is 0.993. The highest BCUT2D eigenvalue weighted by Gasteiger charge is 2.02. The Hall–Kier alpha value is -2.68. The number of fused-ring (bicyclic) bond motifs is 2. The average molecular weight is 423 g/mol. The van der Waals surface area contributed by atoms with Crippen molar-refractivity contribution >= 4 is 45.1 Å². The van der Waals surface area contributed by atoms with Gasteiger partial charge < -0.3 is 0 Å². The predicted octanol–water partition coefficient (Wildman–Crippen LogP) is 8.58. The minimum Gasteiger partial charge on any atom is -0.121 e. The van der Waals surface area contributed by atoms with E-state index >= 15 is 0 Å². The molecule has 0 nitrogen and oxygen atoms in total. The van der Waals surface area contributed by atoms with Crippen LogP contribution in [0, 0.1) is 0 Å². The molecule has 0 amide bonds. The molecule has 0 N–H and O–H groups in total. The van der Waals surface area contributed by atoms with Crippen molar-refractivity contribution in [1.29, 1.82) is 0 Å². The smallest absolute Gasteiger partial charge is 0.0232 e. The van der Waals surface area contributed by atoms with Crippen molar-refractivity contribution in [2.24, 2.45) is 0 Å². The van der Waals surface area contributed by atoms with Gasteiger partial charge >= 0.3 is 0 Å². The van der Waals surface area contributed by atoms with Crippen molar-refractivity contribution < 1.29 is 0 Å². The lowest BCUT2D eigenvalue weighted by molar-refractivity contribution is 1.32. The number of hydrogen-bond donors (Lipinski definition) is 0. The Kier molecular flexibility index (Phi) is 5.78. The third-order valence-corrected chi connectivity index (χ3v) is 7.37. The highest BCUT2D eigenvalue weighted by Crippen LogP contribution is 2.29. The molecule has 2 heteroatoms. The lowest BCUT2D eigenvalue weighted by Gasteiger charge is -2.07. The number of thioether (sulfide) groups is 2. The fourth-order valence-electron chi connectivity index (χ4n) is 3.66. The van der Waals surface area contributed by atoms with Crippen LogP contribution < -0.4 is 0 Å². The minimum absolute atomic E-state index is 0.993. The first kappa shape index (κ1) is 19.3. The van der Waals surface area contributed by atoms with Gasteiger partial charge in [-0.15, -0.1) is 23.5 Å². The van der Waals surface area contributed by atoms with E-state index in [2.05, 4.69) is 109 Å². The molecule has 0 aliphatic rings. The first-order valence-electron chi connectivity index (χ1n) is 10.1. The summed E-state index contributed by atoms with van der Waals surface area (Å²) in [7, 11) is 0. The number of hydrogen-bond acceptors (Lipinski definition) is 2. The van der Waals surface area contributed by atoms with Crippen LogP contribution in [-0.2, 0) is 11.5 Å². The van der Waals surface area contributed by atoms with Gasteiger partial charge in [-0.2, -0.15) is 0 Å². The molecule has 30 heavy (non-hydrogen) atoms. The van der Waals surface area contributed by atoms with Crippen LogP contribution >= 0.6 is 23.5 Å². The number of rotatable bonds is 6. The summed E-state index contributed by atoms with van der Waals surface area (Å²) in [4.78, 5) is 2.65. The normalized spacial score (nSPS) is 11.2. The molecule has 0 aliphatic heterocycles. The number of benzene rings is 5. The summed E-state index contributed by atoms with van der Waals surface area (Å²) < 4.78 is 0. The molecule has 0 heterocycles. The Morgan fingerprint density at radius 2 is 0.867 bits per heavy atom. The van der Waals surface area contributed by atoms with E-state index in [0.717, 1.165) is 11.5 Å². The summed E-state index contributed by atoms with van der Waals surface area (Å²) >= 11 is 3.81. The Bertz CT molecular complexity index is 1210. The van der Waals surface area contributed by atoms with E-state index in [1.807, 2.05) is 23.5 Å². The summed E-state index contributed by atoms with van der Waals surface area (Å²) in [6.45, 7) is 0. The zero-order valence-electron chi connectivity index (χ0n) is 16.6. The predicted molar refractivity (Wildman–Crippen MR) is 133 cm³/mol. The highest BCUT2D eigenvalue weighted by atomic mass is 32.2. The van der Waals surface area contributed by atoms with Gasteiger partial charge in [-0.25, -0.2) is 0 Å². The monoisotopic (exact) mass is 422 g/mol. The molecule has 0 bridgehead atoms. The largest absolute Gasteiger partial charge is 0.121 e. The average Bonchev–Trinajstić information content (AvgIpc) is 2.81. The van der Waals surface area contributed by atoms with Crippen LogP contribution in [0.2, 0.25) is 0 Å². The van der Waals surface area contributed by atoms with Crippen LogP contribution in [-0.4, -0.2) is 0 Å². The Labute approximate surface area is 186 Å². The lowest BCUT2D eigenvalue weighted by atomic mass is 10.1. The van der Waals surface area contributed by atoms with Crippen molar-refractivity contribution in [2.75, 3.05) is 0 Å². The molecule has 146 valence electrons. The van der Waals surface area contributed by atoms with Crippen LogP contribution in [0.25, 0.3) is 21.5 Å². The lowest BCUT2D eigenvalue weighted by Crippen LogP contribution is -1.86. The molecule has 0 fully saturated rings. The maximum atomic E-state index is 2.35. The van der Waals surface area contributed by atoms with Crippen molar-refractivity contribution in [1.82, 2.24) is 0 Å². The molecule has 5 rings (SSSR count). The van der Waals surface area contributed by atoms with Crippen molar-refractivity contribution in [3.63, 3.8) is 0 Å². The molecule has 0 unspecified atom stereocenters. The highest BCUT2D eigenvalue weighted by molar-refractivity contribution is 7.98. The van der Waals surface area contributed by atoms with Gasteiger partial charge in [-0.05, 0) is 56.9 Å². The van der Waals surface area contributed by atoms with E-state index in [4.69, 9.17) is 0 Å². The zero-order chi connectivity index (χ0) is 20.2. The van der Waals surface area contributed by atoms with Crippen LogP contribution in [0.15, 0.2) is 119 Å². The topological polar surface area (TPSA) is 0 Å². The third-order valence-electron chi connectivity index (χ3n) is 5.24. The molecular weight excluding hydrogens is 400 g/mol. The third kappa shape index (κ3) is 4.56. The van der Waals surface area contributed by atoms with Crippen LogP contribution in [0.1, 0.15) is 11.1 Å². The first-order valence-corrected chi connectivity index (χ1v) is 12.1. The van der Waals surface area contributed by atoms with Gasteiger partial charge in [0, 0.05) is 21.3 Å². The molecule has 5 aromatic rings. The molecule has 0 aromatic heterocycles. The second-order valence-electron chi connectivity index (χ2n) is 7.42. The SMILES string of the molecule is c1cc(CSc2ccc3ccccc3c2)cc(CSc2ccc3ccccc3c2)c1. The van der Waals surface area contributed by atoms with Crippen molar-refractivity contribution in [2.45, 2.75) is 21.3 Å². The maximum Gasteiger partial charge on any atom is 0.0232 e. The van der Waals surface area contributed by atoms with E-state index in [-0.39, 0.29) is 0 Å². The Morgan fingerprint density at radius 3 is 1.37 bits per heavy atom. The second-order valence-corrected chi connectivity index (χ2v) is 9.51. The molecule has 0 aliphatic carbocycles. The second kappa shape index (κ2) is 8.99. The molecule has 0 saturated carbocycles. The van der Waals surface area contributed by atoms with Crippen LogP contribution in [0.3, 0.4) is 0 Å². The van der Waals surface area contributed by atoms with E-state index in [1.165, 1.54) is 42.5 Å². The van der Waals surface area contributed by atoms with Crippen LogP contribution in [0.4, 0.5) is 0 Å². The van der Waals surface area contributed by atoms with Gasteiger partial charge in [0.15, 0.2) is 0 Å². The molecule has 0 spiro atoms. The van der Waals surface area contributed by atoms with E-state index in [1.54, 1.807) is 0 Å². The summed E-state index contributed by atoms with van der Waals surface area (Å²) in [6.07, 6.45) is 0. The van der Waals surface area contributed by atoms with E-state index < -0.39 is 0 Å². The fourth-order valence-corrected chi connectivity index (χ4v) is 5.43. The molecular formula is C28H22S2. The summed E-state index contributed by atoms with van der Waals surface area (Å²) in [5, 5.41) is 5.22. The first-order chi connectivity index (χ1) is 14.8. The fraction of sp³-hybridized carbons (Fsp3) is 0.0714.